The van der Waals surface area contributed by atoms with Crippen LogP contribution in [0.15, 0.2) is 6.20 Å². The second-order valence-corrected chi connectivity index (χ2v) is 4.83. The zero-order valence-corrected chi connectivity index (χ0v) is 11.4. The summed E-state index contributed by atoms with van der Waals surface area (Å²) >= 11 is 0. The summed E-state index contributed by atoms with van der Waals surface area (Å²) < 4.78 is 19.0. The summed E-state index contributed by atoms with van der Waals surface area (Å²) in [5.74, 6) is 0.324. The highest BCUT2D eigenvalue weighted by atomic mass is 19.1. The Morgan fingerprint density at radius 2 is 2.32 bits per heavy atom. The van der Waals surface area contributed by atoms with Crippen molar-refractivity contribution < 1.29 is 9.13 Å². The minimum absolute atomic E-state index is 0.216. The molecule has 1 heterocycles. The molecule has 1 saturated carbocycles. The molecule has 6 heteroatoms. The lowest BCUT2D eigenvalue weighted by molar-refractivity contribution is 0.108. The minimum atomic E-state index is -0.414. The van der Waals surface area contributed by atoms with Gasteiger partial charge in [0.15, 0.2) is 11.6 Å². The lowest BCUT2D eigenvalue weighted by atomic mass is 10.2. The highest BCUT2D eigenvalue weighted by Gasteiger charge is 2.25. The fraction of sp³-hybridized carbons (Fsp3) is 0.692. The Kier molecular flexibility index (Phi) is 4.90. The van der Waals surface area contributed by atoms with E-state index in [9.17, 15) is 4.39 Å². The molecule has 0 amide bonds. The quantitative estimate of drug-likeness (QED) is 0.829. The summed E-state index contributed by atoms with van der Waals surface area (Å²) in [7, 11) is 1.71. The van der Waals surface area contributed by atoms with Crippen molar-refractivity contribution in [3.05, 3.63) is 12.0 Å². The molecule has 0 radical (unpaired) electrons. The van der Waals surface area contributed by atoms with Crippen LogP contribution in [0, 0.1) is 5.82 Å². The Balaban J connectivity index is 1.98. The molecule has 1 aliphatic carbocycles. The molecule has 0 saturated heterocycles. The van der Waals surface area contributed by atoms with Crippen molar-refractivity contribution in [1.29, 1.82) is 0 Å². The van der Waals surface area contributed by atoms with E-state index in [1.54, 1.807) is 7.11 Å². The van der Waals surface area contributed by atoms with Crippen molar-refractivity contribution in [2.45, 2.75) is 44.8 Å². The maximum atomic E-state index is 13.7. The minimum Gasteiger partial charge on any atom is -0.381 e. The normalized spacial score (nSPS) is 22.5. The van der Waals surface area contributed by atoms with Crippen molar-refractivity contribution in [3.8, 4) is 0 Å². The second-order valence-electron chi connectivity index (χ2n) is 4.83. The molecule has 0 bridgehead atoms. The number of nitrogens with zero attached hydrogens (tertiary/aromatic N) is 2. The maximum absolute atomic E-state index is 13.7. The number of nitrogens with one attached hydrogen (secondary N) is 2. The van der Waals surface area contributed by atoms with E-state index in [1.807, 2.05) is 0 Å². The number of anilines is 2. The van der Waals surface area contributed by atoms with Gasteiger partial charge in [-0.15, -0.1) is 0 Å². The molecule has 0 aliphatic heterocycles. The Bertz CT molecular complexity index is 416. The van der Waals surface area contributed by atoms with Gasteiger partial charge in [0.2, 0.25) is 5.95 Å². The number of hydrogen-bond acceptors (Lipinski definition) is 5. The molecule has 2 atom stereocenters. The van der Waals surface area contributed by atoms with Gasteiger partial charge in [-0.2, -0.15) is 4.98 Å². The first-order chi connectivity index (χ1) is 9.22. The van der Waals surface area contributed by atoms with Gasteiger partial charge in [-0.3, -0.25) is 0 Å². The molecule has 2 rings (SSSR count). The fourth-order valence-corrected chi connectivity index (χ4v) is 2.27. The Morgan fingerprint density at radius 1 is 1.47 bits per heavy atom. The molecule has 1 aromatic rings. The predicted molar refractivity (Wildman–Crippen MR) is 72.8 cm³/mol. The highest BCUT2D eigenvalue weighted by Crippen LogP contribution is 2.25. The lowest BCUT2D eigenvalue weighted by Gasteiger charge is -2.14. The molecule has 0 spiro atoms. The second kappa shape index (κ2) is 6.65. The summed E-state index contributed by atoms with van der Waals surface area (Å²) in [6, 6.07) is 0.216. The predicted octanol–water partition coefficient (Wildman–Crippen LogP) is 2.42. The molecule has 5 nitrogen and oxygen atoms in total. The van der Waals surface area contributed by atoms with Crippen molar-refractivity contribution in [3.63, 3.8) is 0 Å². The monoisotopic (exact) mass is 268 g/mol. The van der Waals surface area contributed by atoms with E-state index in [4.69, 9.17) is 4.74 Å². The summed E-state index contributed by atoms with van der Waals surface area (Å²) in [5.41, 5.74) is 0. The number of methoxy groups -OCH3 is 1. The Morgan fingerprint density at radius 3 is 3.00 bits per heavy atom. The molecule has 106 valence electrons. The number of rotatable bonds is 6. The molecule has 1 aromatic heterocycles. The molecule has 1 aliphatic rings. The molecule has 2 unspecified atom stereocenters. The van der Waals surface area contributed by atoms with Crippen molar-refractivity contribution in [1.82, 2.24) is 9.97 Å². The molecule has 19 heavy (non-hydrogen) atoms. The molecular weight excluding hydrogens is 247 g/mol. The van der Waals surface area contributed by atoms with Crippen LogP contribution in [0.4, 0.5) is 16.2 Å². The van der Waals surface area contributed by atoms with Gasteiger partial charge in [0.1, 0.15) is 0 Å². The van der Waals surface area contributed by atoms with Crippen LogP contribution in [0.25, 0.3) is 0 Å². The van der Waals surface area contributed by atoms with E-state index in [1.165, 1.54) is 6.20 Å². The smallest absolute Gasteiger partial charge is 0.224 e. The van der Waals surface area contributed by atoms with E-state index in [0.29, 0.717) is 5.95 Å². The van der Waals surface area contributed by atoms with Crippen LogP contribution in [-0.4, -0.2) is 35.8 Å². The SMILES string of the molecule is CCCNc1ncc(F)c(NC2CCC(OC)C2)n1. The third-order valence-electron chi connectivity index (χ3n) is 3.34. The number of aromatic nitrogens is 2. The molecular formula is C13H21FN4O. The van der Waals surface area contributed by atoms with E-state index in [2.05, 4.69) is 27.5 Å². The number of hydrogen-bond donors (Lipinski definition) is 2. The van der Waals surface area contributed by atoms with Gasteiger partial charge >= 0.3 is 0 Å². The summed E-state index contributed by atoms with van der Waals surface area (Å²) in [5, 5.41) is 6.20. The molecule has 0 aromatic carbocycles. The summed E-state index contributed by atoms with van der Waals surface area (Å²) in [4.78, 5) is 8.10. The first-order valence-electron chi connectivity index (χ1n) is 6.78. The van der Waals surface area contributed by atoms with Gasteiger partial charge in [0.05, 0.1) is 12.3 Å². The van der Waals surface area contributed by atoms with Gasteiger partial charge in [-0.05, 0) is 25.7 Å². The zero-order valence-electron chi connectivity index (χ0n) is 11.4. The van der Waals surface area contributed by atoms with Crippen LogP contribution in [0.5, 0.6) is 0 Å². The van der Waals surface area contributed by atoms with Crippen LogP contribution in [0.1, 0.15) is 32.6 Å². The standard InChI is InChI=1S/C13H21FN4O/c1-3-6-15-13-16-8-11(14)12(18-13)17-9-4-5-10(7-9)19-2/h8-10H,3-7H2,1-2H3,(H2,15,16,17,18). The first kappa shape index (κ1) is 14.0. The van der Waals surface area contributed by atoms with Crippen LogP contribution >= 0.6 is 0 Å². The number of ether oxygens (including phenoxy) is 1. The third-order valence-corrected chi connectivity index (χ3v) is 3.34. The van der Waals surface area contributed by atoms with E-state index >= 15 is 0 Å². The van der Waals surface area contributed by atoms with Gasteiger partial charge in [0.25, 0.3) is 0 Å². The lowest BCUT2D eigenvalue weighted by Crippen LogP contribution is -2.19. The number of halogens is 1. The van der Waals surface area contributed by atoms with Gasteiger partial charge in [-0.25, -0.2) is 9.37 Å². The van der Waals surface area contributed by atoms with Gasteiger partial charge < -0.3 is 15.4 Å². The topological polar surface area (TPSA) is 59.1 Å². The van der Waals surface area contributed by atoms with Crippen LogP contribution in [-0.2, 0) is 4.74 Å². The maximum Gasteiger partial charge on any atom is 0.224 e. The van der Waals surface area contributed by atoms with Crippen LogP contribution in [0.3, 0.4) is 0 Å². The molecule has 2 N–H and O–H groups in total. The Hall–Kier alpha value is -1.43. The fourth-order valence-electron chi connectivity index (χ4n) is 2.27. The van der Waals surface area contributed by atoms with Crippen LogP contribution in [0.2, 0.25) is 0 Å². The van der Waals surface area contributed by atoms with Crippen molar-refractivity contribution >= 4 is 11.8 Å². The average molecular weight is 268 g/mol. The van der Waals surface area contributed by atoms with Gasteiger partial charge in [-0.1, -0.05) is 6.92 Å². The van der Waals surface area contributed by atoms with Gasteiger partial charge in [0, 0.05) is 19.7 Å². The first-order valence-corrected chi connectivity index (χ1v) is 6.78. The largest absolute Gasteiger partial charge is 0.381 e. The van der Waals surface area contributed by atoms with Crippen molar-refractivity contribution in [2.24, 2.45) is 0 Å². The highest BCUT2D eigenvalue weighted by molar-refractivity contribution is 5.42. The summed E-state index contributed by atoms with van der Waals surface area (Å²) in [6.45, 7) is 2.83. The Labute approximate surface area is 113 Å². The zero-order chi connectivity index (χ0) is 13.7. The van der Waals surface area contributed by atoms with E-state index in [0.717, 1.165) is 32.2 Å². The van der Waals surface area contributed by atoms with E-state index in [-0.39, 0.29) is 18.0 Å². The van der Waals surface area contributed by atoms with Crippen molar-refractivity contribution in [2.75, 3.05) is 24.3 Å². The van der Waals surface area contributed by atoms with Crippen LogP contribution < -0.4 is 10.6 Å². The molecule has 1 fully saturated rings. The summed E-state index contributed by atoms with van der Waals surface area (Å²) in [6.07, 6.45) is 5.30. The average Bonchev–Trinajstić information content (AvgIpc) is 2.87. The van der Waals surface area contributed by atoms with E-state index < -0.39 is 5.82 Å². The third kappa shape index (κ3) is 3.76.